The second-order valence-electron chi connectivity index (χ2n) is 6.23. The first-order valence-corrected chi connectivity index (χ1v) is 8.19. The van der Waals surface area contributed by atoms with Crippen molar-refractivity contribution in [3.63, 3.8) is 0 Å². The molecule has 1 aliphatic rings. The Morgan fingerprint density at radius 1 is 1.27 bits per heavy atom. The average Bonchev–Trinajstić information content (AvgIpc) is 3.09. The number of ether oxygens (including phenoxy) is 1. The number of carbonyl (C=O) groups excluding carboxylic acids is 1. The molecule has 1 saturated heterocycles. The molecule has 0 amide bonds. The quantitative estimate of drug-likeness (QED) is 0.778. The SMILES string of the molecule is COC(=O)c1ccc(CC2CCN(c3ccnc(C(F)(F)F)n3)C2)cc1. The number of esters is 1. The Morgan fingerprint density at radius 2 is 2.00 bits per heavy atom. The second-order valence-corrected chi connectivity index (χ2v) is 6.23. The van der Waals surface area contributed by atoms with E-state index in [0.717, 1.165) is 24.6 Å². The Kier molecular flexibility index (Phi) is 5.11. The van der Waals surface area contributed by atoms with Crippen LogP contribution in [-0.2, 0) is 17.3 Å². The summed E-state index contributed by atoms with van der Waals surface area (Å²) in [5.41, 5.74) is 1.56. The van der Waals surface area contributed by atoms with Gasteiger partial charge in [-0.05, 0) is 42.5 Å². The van der Waals surface area contributed by atoms with Gasteiger partial charge in [-0.25, -0.2) is 14.8 Å². The topological polar surface area (TPSA) is 55.3 Å². The molecule has 1 aromatic carbocycles. The van der Waals surface area contributed by atoms with Gasteiger partial charge in [-0.2, -0.15) is 13.2 Å². The van der Waals surface area contributed by atoms with Crippen molar-refractivity contribution in [2.24, 2.45) is 5.92 Å². The van der Waals surface area contributed by atoms with Gasteiger partial charge in [0.05, 0.1) is 12.7 Å². The third-order valence-corrected chi connectivity index (χ3v) is 4.40. The van der Waals surface area contributed by atoms with E-state index >= 15 is 0 Å². The Labute approximate surface area is 148 Å². The van der Waals surface area contributed by atoms with Gasteiger partial charge < -0.3 is 9.64 Å². The fourth-order valence-corrected chi connectivity index (χ4v) is 3.10. The highest BCUT2D eigenvalue weighted by molar-refractivity contribution is 5.89. The highest BCUT2D eigenvalue weighted by Gasteiger charge is 2.35. The van der Waals surface area contributed by atoms with E-state index in [4.69, 9.17) is 0 Å². The van der Waals surface area contributed by atoms with Gasteiger partial charge in [0, 0.05) is 19.3 Å². The summed E-state index contributed by atoms with van der Waals surface area (Å²) in [4.78, 5) is 20.2. The molecule has 0 radical (unpaired) electrons. The third kappa shape index (κ3) is 4.12. The van der Waals surface area contributed by atoms with Crippen LogP contribution in [0.25, 0.3) is 0 Å². The Morgan fingerprint density at radius 3 is 2.65 bits per heavy atom. The standard InChI is InChI=1S/C18H18F3N3O2/c1-26-16(25)14-4-2-12(3-5-14)10-13-7-9-24(11-13)15-6-8-22-17(23-15)18(19,20)21/h2-6,8,13H,7,9-11H2,1H3. The van der Waals surface area contributed by atoms with E-state index in [1.165, 1.54) is 13.2 Å². The third-order valence-electron chi connectivity index (χ3n) is 4.40. The molecule has 1 atom stereocenters. The molecule has 8 heteroatoms. The molecule has 1 aliphatic heterocycles. The molecule has 1 aromatic heterocycles. The van der Waals surface area contributed by atoms with Crippen LogP contribution < -0.4 is 4.90 Å². The monoisotopic (exact) mass is 365 g/mol. The molecule has 0 bridgehead atoms. The fraction of sp³-hybridized carbons (Fsp3) is 0.389. The molecule has 0 N–H and O–H groups in total. The summed E-state index contributed by atoms with van der Waals surface area (Å²) in [5.74, 6) is -0.885. The zero-order valence-corrected chi connectivity index (χ0v) is 14.2. The van der Waals surface area contributed by atoms with Crippen molar-refractivity contribution < 1.29 is 22.7 Å². The summed E-state index contributed by atoms with van der Waals surface area (Å²) in [6, 6.07) is 8.69. The molecule has 3 rings (SSSR count). The van der Waals surface area contributed by atoms with Crippen LogP contribution in [0.5, 0.6) is 0 Å². The maximum absolute atomic E-state index is 12.8. The van der Waals surface area contributed by atoms with Crippen LogP contribution in [0.3, 0.4) is 0 Å². The van der Waals surface area contributed by atoms with Gasteiger partial charge >= 0.3 is 12.1 Å². The minimum atomic E-state index is -4.55. The number of benzene rings is 1. The number of methoxy groups -OCH3 is 1. The predicted molar refractivity (Wildman–Crippen MR) is 88.8 cm³/mol. The van der Waals surface area contributed by atoms with Gasteiger partial charge in [-0.3, -0.25) is 0 Å². The Hall–Kier alpha value is -2.64. The minimum absolute atomic E-state index is 0.302. The van der Waals surface area contributed by atoms with Crippen LogP contribution in [0.2, 0.25) is 0 Å². The van der Waals surface area contributed by atoms with Crippen molar-refractivity contribution in [1.29, 1.82) is 0 Å². The highest BCUT2D eigenvalue weighted by Crippen LogP contribution is 2.29. The van der Waals surface area contributed by atoms with Crippen LogP contribution in [0.15, 0.2) is 36.5 Å². The predicted octanol–water partition coefficient (Wildman–Crippen LogP) is 3.35. The lowest BCUT2D eigenvalue weighted by molar-refractivity contribution is -0.144. The molecule has 0 spiro atoms. The molecule has 26 heavy (non-hydrogen) atoms. The number of halogens is 3. The summed E-state index contributed by atoms with van der Waals surface area (Å²) in [6.45, 7) is 1.28. The van der Waals surface area contributed by atoms with Gasteiger partial charge in [0.1, 0.15) is 5.82 Å². The van der Waals surface area contributed by atoms with Crippen molar-refractivity contribution in [2.75, 3.05) is 25.1 Å². The summed E-state index contributed by atoms with van der Waals surface area (Å²) >= 11 is 0. The summed E-state index contributed by atoms with van der Waals surface area (Å²) < 4.78 is 42.9. The largest absolute Gasteiger partial charge is 0.465 e. The van der Waals surface area contributed by atoms with Crippen molar-refractivity contribution in [1.82, 2.24) is 9.97 Å². The lowest BCUT2D eigenvalue weighted by Crippen LogP contribution is -2.23. The van der Waals surface area contributed by atoms with E-state index in [2.05, 4.69) is 14.7 Å². The van der Waals surface area contributed by atoms with Crippen molar-refractivity contribution >= 4 is 11.8 Å². The van der Waals surface area contributed by atoms with Gasteiger partial charge in [-0.1, -0.05) is 12.1 Å². The average molecular weight is 365 g/mol. The van der Waals surface area contributed by atoms with Crippen LogP contribution in [0.1, 0.15) is 28.2 Å². The summed E-state index contributed by atoms with van der Waals surface area (Å²) in [5, 5.41) is 0. The number of anilines is 1. The van der Waals surface area contributed by atoms with Gasteiger partial charge in [-0.15, -0.1) is 0 Å². The van der Waals surface area contributed by atoms with E-state index in [1.807, 2.05) is 17.0 Å². The van der Waals surface area contributed by atoms with E-state index in [1.54, 1.807) is 12.1 Å². The molecule has 1 unspecified atom stereocenters. The highest BCUT2D eigenvalue weighted by atomic mass is 19.4. The first kappa shape index (κ1) is 18.2. The number of alkyl halides is 3. The zero-order valence-electron chi connectivity index (χ0n) is 14.2. The zero-order chi connectivity index (χ0) is 18.7. The fourth-order valence-electron chi connectivity index (χ4n) is 3.10. The van der Waals surface area contributed by atoms with Gasteiger partial charge in [0.25, 0.3) is 0 Å². The molecule has 2 aromatic rings. The smallest absolute Gasteiger partial charge is 0.451 e. The minimum Gasteiger partial charge on any atom is -0.465 e. The summed E-state index contributed by atoms with van der Waals surface area (Å²) in [6.07, 6.45) is -1.75. The Balaban J connectivity index is 1.63. The number of hydrogen-bond acceptors (Lipinski definition) is 5. The first-order chi connectivity index (χ1) is 12.4. The number of hydrogen-bond donors (Lipinski definition) is 0. The van der Waals surface area contributed by atoms with E-state index in [-0.39, 0.29) is 5.97 Å². The molecular formula is C18H18F3N3O2. The lowest BCUT2D eigenvalue weighted by Gasteiger charge is -2.18. The first-order valence-electron chi connectivity index (χ1n) is 8.19. The van der Waals surface area contributed by atoms with Gasteiger partial charge in [0.15, 0.2) is 0 Å². The molecule has 1 fully saturated rings. The molecular weight excluding hydrogens is 347 g/mol. The summed E-state index contributed by atoms with van der Waals surface area (Å²) in [7, 11) is 1.33. The Bertz CT molecular complexity index is 778. The van der Waals surface area contributed by atoms with Crippen LogP contribution in [-0.4, -0.2) is 36.1 Å². The molecule has 0 saturated carbocycles. The van der Waals surface area contributed by atoms with Crippen LogP contribution in [0.4, 0.5) is 19.0 Å². The van der Waals surface area contributed by atoms with Gasteiger partial charge in [0.2, 0.25) is 5.82 Å². The van der Waals surface area contributed by atoms with Crippen molar-refractivity contribution in [3.05, 3.63) is 53.5 Å². The lowest BCUT2D eigenvalue weighted by atomic mass is 9.98. The van der Waals surface area contributed by atoms with E-state index in [0.29, 0.717) is 30.4 Å². The molecule has 2 heterocycles. The van der Waals surface area contributed by atoms with Crippen LogP contribution in [0, 0.1) is 5.92 Å². The van der Waals surface area contributed by atoms with Crippen LogP contribution >= 0.6 is 0 Å². The maximum atomic E-state index is 12.8. The maximum Gasteiger partial charge on any atom is 0.451 e. The number of rotatable bonds is 4. The molecule has 5 nitrogen and oxygen atoms in total. The van der Waals surface area contributed by atoms with E-state index < -0.39 is 12.0 Å². The number of aromatic nitrogens is 2. The molecule has 0 aliphatic carbocycles. The van der Waals surface area contributed by atoms with Crippen molar-refractivity contribution in [3.8, 4) is 0 Å². The number of carbonyl (C=O) groups is 1. The normalized spacial score (nSPS) is 17.4. The van der Waals surface area contributed by atoms with E-state index in [9.17, 15) is 18.0 Å². The van der Waals surface area contributed by atoms with Crippen molar-refractivity contribution in [2.45, 2.75) is 19.0 Å². The second kappa shape index (κ2) is 7.31. The number of nitrogens with zero attached hydrogens (tertiary/aromatic N) is 3. The molecule has 138 valence electrons.